The number of halogens is 1. The molecule has 0 radical (unpaired) electrons. The first kappa shape index (κ1) is 9.33. The molecule has 2 heteroatoms. The van der Waals surface area contributed by atoms with Crippen molar-refractivity contribution in [3.8, 4) is 0 Å². The van der Waals surface area contributed by atoms with Crippen molar-refractivity contribution >= 4 is 21.6 Å². The first-order valence-corrected chi connectivity index (χ1v) is 4.68. The topological polar surface area (TPSA) is 12.0 Å². The van der Waals surface area contributed by atoms with Crippen LogP contribution in [0.2, 0.25) is 0 Å². The predicted molar refractivity (Wildman–Crippen MR) is 57.3 cm³/mol. The van der Waals surface area contributed by atoms with Crippen molar-refractivity contribution < 1.29 is 0 Å². The van der Waals surface area contributed by atoms with Crippen LogP contribution in [0, 0.1) is 6.92 Å². The molecule has 0 spiro atoms. The summed E-state index contributed by atoms with van der Waals surface area (Å²) in [5.74, 6) is 0. The molecule has 12 heavy (non-hydrogen) atoms. The van der Waals surface area contributed by atoms with Crippen LogP contribution in [0.3, 0.4) is 0 Å². The Kier molecular flexibility index (Phi) is 3.35. The molecule has 0 fully saturated rings. The Balaban J connectivity index is 2.92. The zero-order valence-electron chi connectivity index (χ0n) is 7.26. The van der Waals surface area contributed by atoms with Gasteiger partial charge < -0.3 is 5.32 Å². The quantitative estimate of drug-likeness (QED) is 0.810. The molecule has 64 valence electrons. The lowest BCUT2D eigenvalue weighted by Crippen LogP contribution is -1.90. The fraction of sp³-hybridized carbons (Fsp3) is 0.200. The van der Waals surface area contributed by atoms with Crippen molar-refractivity contribution in [2.45, 2.75) is 13.8 Å². The van der Waals surface area contributed by atoms with Crippen molar-refractivity contribution in [2.24, 2.45) is 0 Å². The van der Waals surface area contributed by atoms with Gasteiger partial charge in [0.2, 0.25) is 0 Å². The van der Waals surface area contributed by atoms with E-state index in [0.29, 0.717) is 0 Å². The van der Waals surface area contributed by atoms with Crippen LogP contribution < -0.4 is 5.32 Å². The highest BCUT2D eigenvalue weighted by molar-refractivity contribution is 9.10. The normalized spacial score (nSPS) is 10.6. The lowest BCUT2D eigenvalue weighted by Gasteiger charge is -2.06. The van der Waals surface area contributed by atoms with Gasteiger partial charge in [-0.25, -0.2) is 0 Å². The summed E-state index contributed by atoms with van der Waals surface area (Å²) in [5, 5.41) is 3.19. The van der Waals surface area contributed by atoms with E-state index in [4.69, 9.17) is 0 Å². The molecule has 0 saturated heterocycles. The molecule has 0 aliphatic heterocycles. The molecular formula is C10H12BrN. The Morgan fingerprint density at radius 3 is 2.83 bits per heavy atom. The zero-order valence-corrected chi connectivity index (χ0v) is 8.85. The van der Waals surface area contributed by atoms with Gasteiger partial charge in [-0.3, -0.25) is 0 Å². The minimum atomic E-state index is 1.14. The van der Waals surface area contributed by atoms with Gasteiger partial charge in [0, 0.05) is 10.2 Å². The van der Waals surface area contributed by atoms with Crippen LogP contribution in [-0.4, -0.2) is 0 Å². The molecule has 1 rings (SSSR count). The van der Waals surface area contributed by atoms with E-state index in [1.54, 1.807) is 0 Å². The van der Waals surface area contributed by atoms with Gasteiger partial charge in [-0.05, 0) is 37.7 Å². The van der Waals surface area contributed by atoms with E-state index in [2.05, 4.69) is 34.2 Å². The monoisotopic (exact) mass is 225 g/mol. The van der Waals surface area contributed by atoms with E-state index in [1.807, 2.05) is 31.3 Å². The summed E-state index contributed by atoms with van der Waals surface area (Å²) >= 11 is 3.47. The SMILES string of the molecule is C/C=C\Nc1cccc(Br)c1C. The maximum atomic E-state index is 3.47. The predicted octanol–water partition coefficient (Wildman–Crippen LogP) is 3.70. The van der Waals surface area contributed by atoms with Gasteiger partial charge in [-0.2, -0.15) is 0 Å². The number of anilines is 1. The van der Waals surface area contributed by atoms with Gasteiger partial charge in [0.1, 0.15) is 0 Å². The highest BCUT2D eigenvalue weighted by Crippen LogP contribution is 2.23. The van der Waals surface area contributed by atoms with Crippen molar-refractivity contribution in [3.05, 3.63) is 40.5 Å². The maximum Gasteiger partial charge on any atom is 0.0420 e. The summed E-state index contributed by atoms with van der Waals surface area (Å²) in [7, 11) is 0. The fourth-order valence-electron chi connectivity index (χ4n) is 0.937. The van der Waals surface area contributed by atoms with Crippen molar-refractivity contribution in [1.82, 2.24) is 0 Å². The average Bonchev–Trinajstić information content (AvgIpc) is 2.08. The Bertz CT molecular complexity index is 292. The molecule has 0 unspecified atom stereocenters. The summed E-state index contributed by atoms with van der Waals surface area (Å²) in [6, 6.07) is 6.11. The Labute approximate surface area is 81.6 Å². The molecule has 0 heterocycles. The summed E-state index contributed by atoms with van der Waals surface area (Å²) in [4.78, 5) is 0. The van der Waals surface area contributed by atoms with Crippen molar-refractivity contribution in [1.29, 1.82) is 0 Å². The van der Waals surface area contributed by atoms with Gasteiger partial charge in [0.15, 0.2) is 0 Å². The lowest BCUT2D eigenvalue weighted by atomic mass is 10.2. The Morgan fingerprint density at radius 1 is 1.42 bits per heavy atom. The second kappa shape index (κ2) is 4.31. The molecule has 0 amide bonds. The Morgan fingerprint density at radius 2 is 2.17 bits per heavy atom. The van der Waals surface area contributed by atoms with Gasteiger partial charge in [0.05, 0.1) is 0 Å². The summed E-state index contributed by atoms with van der Waals surface area (Å²) < 4.78 is 1.14. The van der Waals surface area contributed by atoms with Crippen molar-refractivity contribution in [2.75, 3.05) is 5.32 Å². The first-order chi connectivity index (χ1) is 5.75. The summed E-state index contributed by atoms with van der Waals surface area (Å²) in [5.41, 5.74) is 2.37. The zero-order chi connectivity index (χ0) is 8.97. The number of rotatable bonds is 2. The van der Waals surface area contributed by atoms with Crippen LogP contribution in [0.1, 0.15) is 12.5 Å². The van der Waals surface area contributed by atoms with Crippen LogP contribution in [0.15, 0.2) is 34.9 Å². The van der Waals surface area contributed by atoms with E-state index in [1.165, 1.54) is 5.56 Å². The third kappa shape index (κ3) is 2.11. The standard InChI is InChI=1S/C10H12BrN/c1-3-7-12-10-6-4-5-9(11)8(10)2/h3-7,12H,1-2H3/b7-3-. The van der Waals surface area contributed by atoms with Gasteiger partial charge in [-0.15, -0.1) is 0 Å². The van der Waals surface area contributed by atoms with Crippen LogP contribution in [0.4, 0.5) is 5.69 Å². The van der Waals surface area contributed by atoms with Gasteiger partial charge in [0.25, 0.3) is 0 Å². The maximum absolute atomic E-state index is 3.47. The van der Waals surface area contributed by atoms with Crippen molar-refractivity contribution in [3.63, 3.8) is 0 Å². The third-order valence-corrected chi connectivity index (χ3v) is 2.53. The summed E-state index contributed by atoms with van der Waals surface area (Å²) in [6.07, 6.45) is 3.90. The smallest absolute Gasteiger partial charge is 0.0420 e. The van der Waals surface area contributed by atoms with Crippen LogP contribution in [0.25, 0.3) is 0 Å². The second-order valence-electron chi connectivity index (χ2n) is 2.56. The van der Waals surface area contributed by atoms with E-state index in [9.17, 15) is 0 Å². The second-order valence-corrected chi connectivity index (χ2v) is 3.41. The summed E-state index contributed by atoms with van der Waals surface area (Å²) in [6.45, 7) is 4.07. The first-order valence-electron chi connectivity index (χ1n) is 3.88. The largest absolute Gasteiger partial charge is 0.362 e. The number of benzene rings is 1. The highest BCUT2D eigenvalue weighted by Gasteiger charge is 1.97. The molecular weight excluding hydrogens is 214 g/mol. The van der Waals surface area contributed by atoms with Gasteiger partial charge in [-0.1, -0.05) is 28.1 Å². The van der Waals surface area contributed by atoms with Crippen LogP contribution in [-0.2, 0) is 0 Å². The molecule has 0 aliphatic carbocycles. The van der Waals surface area contributed by atoms with E-state index in [-0.39, 0.29) is 0 Å². The van der Waals surface area contributed by atoms with Crippen LogP contribution in [0.5, 0.6) is 0 Å². The van der Waals surface area contributed by atoms with Crippen LogP contribution >= 0.6 is 15.9 Å². The van der Waals surface area contributed by atoms with E-state index in [0.717, 1.165) is 10.2 Å². The number of nitrogens with one attached hydrogen (secondary N) is 1. The molecule has 1 N–H and O–H groups in total. The van der Waals surface area contributed by atoms with Gasteiger partial charge >= 0.3 is 0 Å². The molecule has 1 aromatic carbocycles. The third-order valence-electron chi connectivity index (χ3n) is 1.67. The van der Waals surface area contributed by atoms with E-state index < -0.39 is 0 Å². The minimum absolute atomic E-state index is 1.14. The Hall–Kier alpha value is -0.760. The molecule has 0 aliphatic rings. The molecule has 1 aromatic rings. The molecule has 0 aromatic heterocycles. The molecule has 0 bridgehead atoms. The minimum Gasteiger partial charge on any atom is -0.362 e. The van der Waals surface area contributed by atoms with E-state index >= 15 is 0 Å². The fourth-order valence-corrected chi connectivity index (χ4v) is 1.30. The lowest BCUT2D eigenvalue weighted by molar-refractivity contribution is 1.40. The molecule has 1 nitrogen and oxygen atoms in total. The number of allylic oxidation sites excluding steroid dienone is 1. The number of hydrogen-bond donors (Lipinski definition) is 1. The highest BCUT2D eigenvalue weighted by atomic mass is 79.9. The molecule has 0 atom stereocenters. The molecule has 0 saturated carbocycles. The average molecular weight is 226 g/mol. The number of hydrogen-bond acceptors (Lipinski definition) is 1.